The molecular formula is C13H18O4S. The van der Waals surface area contributed by atoms with E-state index in [-0.39, 0.29) is 16.8 Å². The fourth-order valence-electron chi connectivity index (χ4n) is 1.47. The standard InChI is InChI=1S/C13H18O4S/c1-4-9-18(15,16)12-7-5-11(6-8-12)13(14)17-10(2)3/h5-8,10H,4,9H2,1-3H3. The summed E-state index contributed by atoms with van der Waals surface area (Å²) in [6.45, 7) is 5.34. The Balaban J connectivity index is 2.90. The van der Waals surface area contributed by atoms with Gasteiger partial charge in [0.25, 0.3) is 0 Å². The molecule has 5 heteroatoms. The number of esters is 1. The Morgan fingerprint density at radius 1 is 1.22 bits per heavy atom. The highest BCUT2D eigenvalue weighted by molar-refractivity contribution is 7.91. The first kappa shape index (κ1) is 14.7. The molecule has 0 aromatic heterocycles. The SMILES string of the molecule is CCCS(=O)(=O)c1ccc(C(=O)OC(C)C)cc1. The molecule has 0 radical (unpaired) electrons. The quantitative estimate of drug-likeness (QED) is 0.771. The Labute approximate surface area is 108 Å². The topological polar surface area (TPSA) is 60.4 Å². The molecule has 0 amide bonds. The van der Waals surface area contributed by atoms with Crippen molar-refractivity contribution in [1.29, 1.82) is 0 Å². The van der Waals surface area contributed by atoms with E-state index in [0.29, 0.717) is 12.0 Å². The highest BCUT2D eigenvalue weighted by atomic mass is 32.2. The van der Waals surface area contributed by atoms with Crippen molar-refractivity contribution in [2.75, 3.05) is 5.75 Å². The minimum Gasteiger partial charge on any atom is -0.459 e. The van der Waals surface area contributed by atoms with Gasteiger partial charge in [0.05, 0.1) is 22.3 Å². The molecule has 0 heterocycles. The van der Waals surface area contributed by atoms with E-state index in [1.807, 2.05) is 6.92 Å². The van der Waals surface area contributed by atoms with Crippen molar-refractivity contribution in [2.24, 2.45) is 0 Å². The number of ether oxygens (including phenoxy) is 1. The molecular weight excluding hydrogens is 252 g/mol. The summed E-state index contributed by atoms with van der Waals surface area (Å²) < 4.78 is 28.6. The Hall–Kier alpha value is -1.36. The van der Waals surface area contributed by atoms with Gasteiger partial charge in [-0.15, -0.1) is 0 Å². The summed E-state index contributed by atoms with van der Waals surface area (Å²) in [5.74, 6) is -0.326. The maximum atomic E-state index is 11.8. The summed E-state index contributed by atoms with van der Waals surface area (Å²) in [5, 5.41) is 0. The van der Waals surface area contributed by atoms with Gasteiger partial charge in [-0.25, -0.2) is 13.2 Å². The molecule has 4 nitrogen and oxygen atoms in total. The second-order valence-electron chi connectivity index (χ2n) is 4.30. The van der Waals surface area contributed by atoms with Gasteiger partial charge in [0.2, 0.25) is 0 Å². The van der Waals surface area contributed by atoms with Crippen LogP contribution < -0.4 is 0 Å². The number of sulfone groups is 1. The van der Waals surface area contributed by atoms with Crippen LogP contribution in [0.1, 0.15) is 37.6 Å². The van der Waals surface area contributed by atoms with Gasteiger partial charge in [0, 0.05) is 0 Å². The molecule has 0 saturated heterocycles. The van der Waals surface area contributed by atoms with Gasteiger partial charge in [-0.1, -0.05) is 6.92 Å². The third-order valence-corrected chi connectivity index (χ3v) is 4.20. The van der Waals surface area contributed by atoms with Gasteiger partial charge in [0.1, 0.15) is 0 Å². The van der Waals surface area contributed by atoms with Crippen molar-refractivity contribution in [1.82, 2.24) is 0 Å². The lowest BCUT2D eigenvalue weighted by Crippen LogP contribution is -2.12. The van der Waals surface area contributed by atoms with E-state index in [1.54, 1.807) is 13.8 Å². The fraction of sp³-hybridized carbons (Fsp3) is 0.462. The molecule has 0 unspecified atom stereocenters. The van der Waals surface area contributed by atoms with Crippen LogP contribution in [0.5, 0.6) is 0 Å². The van der Waals surface area contributed by atoms with Gasteiger partial charge in [-0.05, 0) is 44.5 Å². The van der Waals surface area contributed by atoms with Crippen LogP contribution in [0.15, 0.2) is 29.2 Å². The lowest BCUT2D eigenvalue weighted by Gasteiger charge is -2.08. The molecule has 18 heavy (non-hydrogen) atoms. The molecule has 0 bridgehead atoms. The Morgan fingerprint density at radius 3 is 2.22 bits per heavy atom. The van der Waals surface area contributed by atoms with Crippen molar-refractivity contribution in [2.45, 2.75) is 38.2 Å². The molecule has 0 saturated carbocycles. The fourth-order valence-corrected chi connectivity index (χ4v) is 2.79. The van der Waals surface area contributed by atoms with E-state index in [0.717, 1.165) is 0 Å². The Morgan fingerprint density at radius 2 is 1.78 bits per heavy atom. The highest BCUT2D eigenvalue weighted by Crippen LogP contribution is 2.14. The van der Waals surface area contributed by atoms with Crippen LogP contribution in [0, 0.1) is 0 Å². The summed E-state index contributed by atoms with van der Waals surface area (Å²) in [6.07, 6.45) is 0.375. The van der Waals surface area contributed by atoms with Gasteiger partial charge >= 0.3 is 5.97 Å². The van der Waals surface area contributed by atoms with Crippen LogP contribution in [0.2, 0.25) is 0 Å². The predicted molar refractivity (Wildman–Crippen MR) is 69.3 cm³/mol. The zero-order valence-electron chi connectivity index (χ0n) is 10.8. The monoisotopic (exact) mass is 270 g/mol. The van der Waals surface area contributed by atoms with E-state index < -0.39 is 15.8 Å². The summed E-state index contributed by atoms with van der Waals surface area (Å²) in [5.41, 5.74) is 0.360. The summed E-state index contributed by atoms with van der Waals surface area (Å²) in [6, 6.07) is 5.85. The summed E-state index contributed by atoms with van der Waals surface area (Å²) >= 11 is 0. The number of benzene rings is 1. The van der Waals surface area contributed by atoms with Crippen LogP contribution in [0.3, 0.4) is 0 Å². The number of carbonyl (C=O) groups is 1. The third-order valence-electron chi connectivity index (χ3n) is 2.26. The number of hydrogen-bond donors (Lipinski definition) is 0. The highest BCUT2D eigenvalue weighted by Gasteiger charge is 2.15. The normalized spacial score (nSPS) is 11.6. The van der Waals surface area contributed by atoms with Crippen molar-refractivity contribution in [3.8, 4) is 0 Å². The smallest absolute Gasteiger partial charge is 0.338 e. The predicted octanol–water partition coefficient (Wildman–Crippen LogP) is 2.44. The van der Waals surface area contributed by atoms with E-state index in [9.17, 15) is 13.2 Å². The van der Waals surface area contributed by atoms with Crippen molar-refractivity contribution in [3.63, 3.8) is 0 Å². The van der Waals surface area contributed by atoms with Crippen LogP contribution in [-0.2, 0) is 14.6 Å². The molecule has 0 aliphatic carbocycles. The zero-order chi connectivity index (χ0) is 13.8. The van der Waals surface area contributed by atoms with Gasteiger partial charge in [-0.3, -0.25) is 0 Å². The first-order valence-corrected chi connectivity index (χ1v) is 7.56. The van der Waals surface area contributed by atoms with Crippen molar-refractivity contribution in [3.05, 3.63) is 29.8 Å². The molecule has 0 aliphatic heterocycles. The number of rotatable bonds is 5. The van der Waals surface area contributed by atoms with E-state index in [1.165, 1.54) is 24.3 Å². The maximum absolute atomic E-state index is 11.8. The summed E-state index contributed by atoms with van der Waals surface area (Å²) in [7, 11) is -3.23. The molecule has 0 N–H and O–H groups in total. The molecule has 0 fully saturated rings. The maximum Gasteiger partial charge on any atom is 0.338 e. The second-order valence-corrected chi connectivity index (χ2v) is 6.41. The molecule has 0 aliphatic rings. The third kappa shape index (κ3) is 3.84. The molecule has 1 aromatic carbocycles. The molecule has 0 spiro atoms. The molecule has 100 valence electrons. The van der Waals surface area contributed by atoms with Crippen LogP contribution >= 0.6 is 0 Å². The van der Waals surface area contributed by atoms with E-state index >= 15 is 0 Å². The lowest BCUT2D eigenvalue weighted by molar-refractivity contribution is 0.0378. The second kappa shape index (κ2) is 6.00. The van der Waals surface area contributed by atoms with Crippen LogP contribution in [0.25, 0.3) is 0 Å². The molecule has 1 aromatic rings. The lowest BCUT2D eigenvalue weighted by atomic mass is 10.2. The zero-order valence-corrected chi connectivity index (χ0v) is 11.7. The number of carbonyl (C=O) groups excluding carboxylic acids is 1. The minimum absolute atomic E-state index is 0.114. The van der Waals surface area contributed by atoms with Crippen LogP contribution in [0.4, 0.5) is 0 Å². The summed E-state index contributed by atoms with van der Waals surface area (Å²) in [4.78, 5) is 11.8. The number of hydrogen-bond acceptors (Lipinski definition) is 4. The van der Waals surface area contributed by atoms with E-state index in [2.05, 4.69) is 0 Å². The van der Waals surface area contributed by atoms with Crippen molar-refractivity contribution < 1.29 is 17.9 Å². The molecule has 1 rings (SSSR count). The van der Waals surface area contributed by atoms with Crippen LogP contribution in [-0.4, -0.2) is 26.2 Å². The Kier molecular flexibility index (Phi) is 4.90. The minimum atomic E-state index is -3.23. The van der Waals surface area contributed by atoms with Crippen molar-refractivity contribution >= 4 is 15.8 Å². The first-order chi connectivity index (χ1) is 8.36. The average molecular weight is 270 g/mol. The first-order valence-electron chi connectivity index (χ1n) is 5.90. The molecule has 0 atom stereocenters. The Bertz CT molecular complexity index is 500. The van der Waals surface area contributed by atoms with E-state index in [4.69, 9.17) is 4.74 Å². The average Bonchev–Trinajstić information content (AvgIpc) is 2.28. The largest absolute Gasteiger partial charge is 0.459 e. The van der Waals surface area contributed by atoms with Gasteiger partial charge in [-0.2, -0.15) is 0 Å². The van der Waals surface area contributed by atoms with Gasteiger partial charge < -0.3 is 4.74 Å². The van der Waals surface area contributed by atoms with Gasteiger partial charge in [0.15, 0.2) is 9.84 Å².